The molecule has 4 rings (SSSR count). The van der Waals surface area contributed by atoms with Crippen LogP contribution in [0.1, 0.15) is 62.3 Å². The molecule has 8 heteroatoms. The molecule has 2 atom stereocenters. The molecule has 33 heavy (non-hydrogen) atoms. The van der Waals surface area contributed by atoms with Crippen LogP contribution in [-0.4, -0.2) is 52.4 Å². The van der Waals surface area contributed by atoms with Crippen molar-refractivity contribution in [1.29, 1.82) is 0 Å². The third-order valence-corrected chi connectivity index (χ3v) is 6.50. The van der Waals surface area contributed by atoms with Gasteiger partial charge < -0.3 is 15.5 Å². The third kappa shape index (κ3) is 5.25. The Labute approximate surface area is 199 Å². The number of hydrogen-bond donors (Lipinski definition) is 2. The Morgan fingerprint density at radius 1 is 1.27 bits per heavy atom. The van der Waals surface area contributed by atoms with E-state index in [4.69, 9.17) is 11.6 Å². The number of hydrogen-bond acceptors (Lipinski definition) is 5. The highest BCUT2D eigenvalue weighted by atomic mass is 35.5. The standard InChI is InChI=1S/C25H30ClN5O2/c1-15(2)27-13-20(17-4-6-19(26)7-5-17)25(33)31-10-8-18(9-11-31)23-22-16(3)12-21(32)30-24(22)29-14-28-23/h4-8,14-16,20,27H,9-13H2,1-3H3,(H,28,29,30,32)/t16-,20-/m1/s1. The van der Waals surface area contributed by atoms with Crippen LogP contribution in [0.2, 0.25) is 5.02 Å². The van der Waals surface area contributed by atoms with Crippen molar-refractivity contribution in [1.82, 2.24) is 20.2 Å². The molecule has 0 radical (unpaired) electrons. The summed E-state index contributed by atoms with van der Waals surface area (Å²) in [5.41, 5.74) is 3.93. The molecule has 2 aliphatic heterocycles. The van der Waals surface area contributed by atoms with Gasteiger partial charge in [0.25, 0.3) is 0 Å². The first-order chi connectivity index (χ1) is 15.8. The molecule has 2 aromatic rings. The van der Waals surface area contributed by atoms with Crippen molar-refractivity contribution in [2.75, 3.05) is 25.0 Å². The van der Waals surface area contributed by atoms with Crippen LogP contribution in [0.15, 0.2) is 36.7 Å². The average Bonchev–Trinajstić information content (AvgIpc) is 2.79. The van der Waals surface area contributed by atoms with Crippen molar-refractivity contribution in [3.05, 3.63) is 58.5 Å². The largest absolute Gasteiger partial charge is 0.338 e. The molecule has 1 aromatic carbocycles. The molecular weight excluding hydrogens is 438 g/mol. The molecule has 0 unspecified atom stereocenters. The fraction of sp³-hybridized carbons (Fsp3) is 0.440. The van der Waals surface area contributed by atoms with Crippen molar-refractivity contribution >= 4 is 34.8 Å². The molecule has 0 spiro atoms. The van der Waals surface area contributed by atoms with E-state index in [0.717, 1.165) is 22.4 Å². The number of fused-ring (bicyclic) bond motifs is 1. The van der Waals surface area contributed by atoms with Crippen LogP contribution in [0, 0.1) is 0 Å². The molecule has 2 N–H and O–H groups in total. The molecule has 0 saturated carbocycles. The second-order valence-electron chi connectivity index (χ2n) is 9.07. The van der Waals surface area contributed by atoms with Crippen molar-refractivity contribution in [2.45, 2.75) is 51.5 Å². The van der Waals surface area contributed by atoms with Gasteiger partial charge in [-0.05, 0) is 35.6 Å². The number of aromatic nitrogens is 2. The van der Waals surface area contributed by atoms with E-state index in [9.17, 15) is 9.59 Å². The Balaban J connectivity index is 1.54. The van der Waals surface area contributed by atoms with Gasteiger partial charge in [0.15, 0.2) is 0 Å². The fourth-order valence-corrected chi connectivity index (χ4v) is 4.61. The zero-order chi connectivity index (χ0) is 23.5. The average molecular weight is 468 g/mol. The molecule has 2 aliphatic rings. The van der Waals surface area contributed by atoms with E-state index in [-0.39, 0.29) is 29.7 Å². The summed E-state index contributed by atoms with van der Waals surface area (Å²) in [5.74, 6) is 0.470. The second kappa shape index (κ2) is 10.0. The number of anilines is 1. The number of nitrogens with zero attached hydrogens (tertiary/aromatic N) is 3. The summed E-state index contributed by atoms with van der Waals surface area (Å²) in [6.07, 6.45) is 4.72. The van der Waals surface area contributed by atoms with Crippen LogP contribution in [-0.2, 0) is 9.59 Å². The molecule has 174 valence electrons. The van der Waals surface area contributed by atoms with Crippen LogP contribution in [0.4, 0.5) is 5.82 Å². The zero-order valence-electron chi connectivity index (χ0n) is 19.3. The lowest BCUT2D eigenvalue weighted by atomic mass is 9.88. The number of benzene rings is 1. The number of rotatable bonds is 6. The maximum absolute atomic E-state index is 13.5. The van der Waals surface area contributed by atoms with E-state index in [1.54, 1.807) is 0 Å². The molecule has 1 aromatic heterocycles. The minimum atomic E-state index is -0.276. The van der Waals surface area contributed by atoms with Gasteiger partial charge in [-0.2, -0.15) is 0 Å². The summed E-state index contributed by atoms with van der Waals surface area (Å²) in [6, 6.07) is 7.81. The summed E-state index contributed by atoms with van der Waals surface area (Å²) in [7, 11) is 0. The van der Waals surface area contributed by atoms with Gasteiger partial charge in [-0.3, -0.25) is 9.59 Å². The molecule has 0 saturated heterocycles. The van der Waals surface area contributed by atoms with E-state index in [1.807, 2.05) is 36.1 Å². The van der Waals surface area contributed by atoms with Gasteiger partial charge in [-0.25, -0.2) is 9.97 Å². The topological polar surface area (TPSA) is 87.2 Å². The Morgan fingerprint density at radius 3 is 2.70 bits per heavy atom. The molecular formula is C25H30ClN5O2. The van der Waals surface area contributed by atoms with E-state index >= 15 is 0 Å². The maximum Gasteiger partial charge on any atom is 0.231 e. The van der Waals surface area contributed by atoms with Crippen LogP contribution in [0.5, 0.6) is 0 Å². The number of carbonyl (C=O) groups is 2. The Bertz CT molecular complexity index is 1070. The van der Waals surface area contributed by atoms with Gasteiger partial charge in [0.1, 0.15) is 12.1 Å². The normalized spacial score (nSPS) is 19.1. The lowest BCUT2D eigenvalue weighted by Gasteiger charge is -2.32. The molecule has 0 bridgehead atoms. The number of amides is 2. The number of halogens is 1. The lowest BCUT2D eigenvalue weighted by Crippen LogP contribution is -2.42. The quantitative estimate of drug-likeness (QED) is 0.671. The van der Waals surface area contributed by atoms with E-state index in [0.29, 0.717) is 43.3 Å². The Morgan fingerprint density at radius 2 is 2.03 bits per heavy atom. The first-order valence-electron chi connectivity index (χ1n) is 11.4. The van der Waals surface area contributed by atoms with Gasteiger partial charge in [0.05, 0.1) is 11.6 Å². The predicted molar refractivity (Wildman–Crippen MR) is 130 cm³/mol. The van der Waals surface area contributed by atoms with Gasteiger partial charge in [0.2, 0.25) is 11.8 Å². The zero-order valence-corrected chi connectivity index (χ0v) is 20.0. The van der Waals surface area contributed by atoms with Gasteiger partial charge in [-0.1, -0.05) is 50.6 Å². The first kappa shape index (κ1) is 23.4. The van der Waals surface area contributed by atoms with E-state index in [1.165, 1.54) is 6.33 Å². The third-order valence-electron chi connectivity index (χ3n) is 6.25. The summed E-state index contributed by atoms with van der Waals surface area (Å²) in [5, 5.41) is 6.93. The maximum atomic E-state index is 13.5. The Kier molecular flexibility index (Phi) is 7.10. The minimum Gasteiger partial charge on any atom is -0.338 e. The molecule has 0 fully saturated rings. The van der Waals surface area contributed by atoms with Crippen molar-refractivity contribution in [3.63, 3.8) is 0 Å². The smallest absolute Gasteiger partial charge is 0.231 e. The van der Waals surface area contributed by atoms with Crippen LogP contribution in [0.25, 0.3) is 5.57 Å². The highest BCUT2D eigenvalue weighted by Gasteiger charge is 2.31. The van der Waals surface area contributed by atoms with Crippen LogP contribution < -0.4 is 10.6 Å². The lowest BCUT2D eigenvalue weighted by molar-refractivity contribution is -0.132. The van der Waals surface area contributed by atoms with Gasteiger partial charge in [-0.15, -0.1) is 0 Å². The second-order valence-corrected chi connectivity index (χ2v) is 9.51. The minimum absolute atomic E-state index is 0.0164. The van der Waals surface area contributed by atoms with Crippen molar-refractivity contribution < 1.29 is 9.59 Å². The SMILES string of the molecule is CC(C)NC[C@@H](C(=O)N1CC=C(c2ncnc3c2[C@H](C)CC(=O)N3)CC1)c1ccc(Cl)cc1. The number of nitrogens with one attached hydrogen (secondary N) is 2. The number of carbonyl (C=O) groups excluding carboxylic acids is 2. The van der Waals surface area contributed by atoms with Crippen LogP contribution >= 0.6 is 11.6 Å². The predicted octanol–water partition coefficient (Wildman–Crippen LogP) is 3.97. The summed E-state index contributed by atoms with van der Waals surface area (Å²) < 4.78 is 0. The van der Waals surface area contributed by atoms with Gasteiger partial charge >= 0.3 is 0 Å². The van der Waals surface area contributed by atoms with Crippen molar-refractivity contribution in [3.8, 4) is 0 Å². The van der Waals surface area contributed by atoms with Gasteiger partial charge in [0, 0.05) is 42.7 Å². The summed E-state index contributed by atoms with van der Waals surface area (Å²) >= 11 is 6.06. The molecule has 7 nitrogen and oxygen atoms in total. The Hall–Kier alpha value is -2.77. The fourth-order valence-electron chi connectivity index (χ4n) is 4.48. The summed E-state index contributed by atoms with van der Waals surface area (Å²) in [6.45, 7) is 7.90. The monoisotopic (exact) mass is 467 g/mol. The molecule has 2 amide bonds. The molecule has 3 heterocycles. The highest BCUT2D eigenvalue weighted by Crippen LogP contribution is 2.36. The van der Waals surface area contributed by atoms with E-state index in [2.05, 4.69) is 40.5 Å². The van der Waals surface area contributed by atoms with Crippen molar-refractivity contribution in [2.24, 2.45) is 0 Å². The van der Waals surface area contributed by atoms with Crippen LogP contribution in [0.3, 0.4) is 0 Å². The first-order valence-corrected chi connectivity index (χ1v) is 11.8. The highest BCUT2D eigenvalue weighted by molar-refractivity contribution is 6.30. The summed E-state index contributed by atoms with van der Waals surface area (Å²) in [4.78, 5) is 36.1. The van der Waals surface area contributed by atoms with E-state index < -0.39 is 0 Å². The molecule has 0 aliphatic carbocycles.